The lowest BCUT2D eigenvalue weighted by Crippen LogP contribution is -2.12. The number of benzene rings is 4. The first-order valence-corrected chi connectivity index (χ1v) is 10.1. The molecule has 0 heterocycles. The third kappa shape index (κ3) is 4.25. The van der Waals surface area contributed by atoms with Crippen molar-refractivity contribution in [3.8, 4) is 22.3 Å². The van der Waals surface area contributed by atoms with E-state index in [0.717, 1.165) is 11.4 Å². The molecule has 4 aromatic carbocycles. The summed E-state index contributed by atoms with van der Waals surface area (Å²) in [6.45, 7) is 6.80. The van der Waals surface area contributed by atoms with E-state index in [-0.39, 0.29) is 5.41 Å². The van der Waals surface area contributed by atoms with Gasteiger partial charge in [0, 0.05) is 16.9 Å². The van der Waals surface area contributed by atoms with Gasteiger partial charge in [0.1, 0.15) is 0 Å². The highest BCUT2D eigenvalue weighted by atomic mass is 14.9. The van der Waals surface area contributed by atoms with Crippen molar-refractivity contribution in [2.45, 2.75) is 26.2 Å². The molecular weight excluding hydrogens is 350 g/mol. The SMILES string of the molecule is CC(C)(C)c1ccccc1-c1ccc(Nc2ccccc2-c2ccccc2)cc1. The monoisotopic (exact) mass is 377 g/mol. The minimum Gasteiger partial charge on any atom is -0.355 e. The highest BCUT2D eigenvalue weighted by molar-refractivity contribution is 5.81. The van der Waals surface area contributed by atoms with Crippen molar-refractivity contribution < 1.29 is 0 Å². The van der Waals surface area contributed by atoms with Crippen LogP contribution in [0.5, 0.6) is 0 Å². The highest BCUT2D eigenvalue weighted by Crippen LogP contribution is 2.34. The maximum absolute atomic E-state index is 3.59. The summed E-state index contributed by atoms with van der Waals surface area (Å²) in [5.41, 5.74) is 8.65. The summed E-state index contributed by atoms with van der Waals surface area (Å²) in [5.74, 6) is 0. The maximum Gasteiger partial charge on any atom is 0.0463 e. The van der Waals surface area contributed by atoms with Crippen molar-refractivity contribution in [3.05, 3.63) is 109 Å². The number of anilines is 2. The molecule has 0 atom stereocenters. The van der Waals surface area contributed by atoms with Crippen LogP contribution in [0.1, 0.15) is 26.3 Å². The minimum atomic E-state index is 0.113. The molecule has 0 aliphatic rings. The van der Waals surface area contributed by atoms with E-state index in [0.29, 0.717) is 0 Å². The lowest BCUT2D eigenvalue weighted by atomic mass is 9.82. The Hall–Kier alpha value is -3.32. The molecule has 0 fully saturated rings. The Morgan fingerprint density at radius 3 is 1.76 bits per heavy atom. The molecular formula is C28H27N. The Labute approximate surface area is 174 Å². The Morgan fingerprint density at radius 1 is 0.517 bits per heavy atom. The van der Waals surface area contributed by atoms with Crippen LogP contribution in [0.2, 0.25) is 0 Å². The van der Waals surface area contributed by atoms with Crippen molar-refractivity contribution in [1.82, 2.24) is 0 Å². The molecule has 0 aromatic heterocycles. The topological polar surface area (TPSA) is 12.0 Å². The second kappa shape index (κ2) is 7.97. The molecule has 0 bridgehead atoms. The summed E-state index contributed by atoms with van der Waals surface area (Å²) in [5, 5.41) is 3.59. The molecule has 4 rings (SSSR count). The van der Waals surface area contributed by atoms with E-state index < -0.39 is 0 Å². The van der Waals surface area contributed by atoms with Gasteiger partial charge in [-0.05, 0) is 45.9 Å². The molecule has 1 nitrogen and oxygen atoms in total. The summed E-state index contributed by atoms with van der Waals surface area (Å²) in [7, 11) is 0. The summed E-state index contributed by atoms with van der Waals surface area (Å²) >= 11 is 0. The minimum absolute atomic E-state index is 0.113. The van der Waals surface area contributed by atoms with Crippen LogP contribution in [-0.2, 0) is 5.41 Å². The summed E-state index contributed by atoms with van der Waals surface area (Å²) < 4.78 is 0. The fourth-order valence-corrected chi connectivity index (χ4v) is 3.74. The second-order valence-corrected chi connectivity index (χ2v) is 8.41. The Morgan fingerprint density at radius 2 is 1.07 bits per heavy atom. The number of para-hydroxylation sites is 1. The largest absolute Gasteiger partial charge is 0.355 e. The van der Waals surface area contributed by atoms with Crippen LogP contribution in [0, 0.1) is 0 Å². The van der Waals surface area contributed by atoms with Gasteiger partial charge in [-0.15, -0.1) is 0 Å². The molecule has 0 amide bonds. The third-order valence-electron chi connectivity index (χ3n) is 5.22. The van der Waals surface area contributed by atoms with Gasteiger partial charge in [-0.25, -0.2) is 0 Å². The van der Waals surface area contributed by atoms with E-state index in [9.17, 15) is 0 Å². The van der Waals surface area contributed by atoms with E-state index in [1.165, 1.54) is 27.8 Å². The second-order valence-electron chi connectivity index (χ2n) is 8.41. The first kappa shape index (κ1) is 19.0. The fraction of sp³-hybridized carbons (Fsp3) is 0.143. The molecule has 1 N–H and O–H groups in total. The molecule has 0 saturated heterocycles. The lowest BCUT2D eigenvalue weighted by Gasteiger charge is -2.23. The normalized spacial score (nSPS) is 11.3. The first-order chi connectivity index (χ1) is 14.0. The van der Waals surface area contributed by atoms with Gasteiger partial charge in [-0.2, -0.15) is 0 Å². The van der Waals surface area contributed by atoms with Crippen molar-refractivity contribution in [2.75, 3.05) is 5.32 Å². The van der Waals surface area contributed by atoms with Crippen molar-refractivity contribution in [2.24, 2.45) is 0 Å². The van der Waals surface area contributed by atoms with Gasteiger partial charge in [0.2, 0.25) is 0 Å². The summed E-state index contributed by atoms with van der Waals surface area (Å²) in [6.07, 6.45) is 0. The van der Waals surface area contributed by atoms with E-state index in [4.69, 9.17) is 0 Å². The molecule has 0 spiro atoms. The van der Waals surface area contributed by atoms with Crippen LogP contribution < -0.4 is 5.32 Å². The number of hydrogen-bond donors (Lipinski definition) is 1. The van der Waals surface area contributed by atoms with Crippen LogP contribution in [0.25, 0.3) is 22.3 Å². The zero-order valence-electron chi connectivity index (χ0n) is 17.3. The van der Waals surface area contributed by atoms with E-state index in [1.807, 2.05) is 6.07 Å². The average Bonchev–Trinajstić information content (AvgIpc) is 2.75. The van der Waals surface area contributed by atoms with Gasteiger partial charge in [0.15, 0.2) is 0 Å². The standard InChI is InChI=1S/C28H27N/c1-28(2,3)26-15-9-7-13-24(26)22-17-19-23(20-18-22)29-27-16-10-8-14-25(27)21-11-5-4-6-12-21/h4-20,29H,1-3H3. The van der Waals surface area contributed by atoms with E-state index in [2.05, 4.69) is 123 Å². The van der Waals surface area contributed by atoms with Gasteiger partial charge in [-0.3, -0.25) is 0 Å². The van der Waals surface area contributed by atoms with Crippen LogP contribution in [0.3, 0.4) is 0 Å². The van der Waals surface area contributed by atoms with Crippen molar-refractivity contribution in [3.63, 3.8) is 0 Å². The smallest absolute Gasteiger partial charge is 0.0463 e. The molecule has 0 saturated carbocycles. The third-order valence-corrected chi connectivity index (χ3v) is 5.22. The molecule has 1 heteroatoms. The molecule has 29 heavy (non-hydrogen) atoms. The average molecular weight is 378 g/mol. The molecule has 0 unspecified atom stereocenters. The van der Waals surface area contributed by atoms with Crippen molar-refractivity contribution >= 4 is 11.4 Å². The maximum atomic E-state index is 3.59. The van der Waals surface area contributed by atoms with E-state index >= 15 is 0 Å². The summed E-state index contributed by atoms with van der Waals surface area (Å²) in [6, 6.07) is 36.4. The number of nitrogens with one attached hydrogen (secondary N) is 1. The highest BCUT2D eigenvalue weighted by Gasteiger charge is 2.18. The quantitative estimate of drug-likeness (QED) is 0.379. The van der Waals surface area contributed by atoms with Crippen LogP contribution >= 0.6 is 0 Å². The predicted molar refractivity (Wildman–Crippen MR) is 126 cm³/mol. The molecule has 0 aliphatic heterocycles. The Bertz CT molecular complexity index is 1090. The Balaban J connectivity index is 1.63. The molecule has 144 valence electrons. The first-order valence-electron chi connectivity index (χ1n) is 10.1. The molecule has 0 aliphatic carbocycles. The fourth-order valence-electron chi connectivity index (χ4n) is 3.74. The molecule has 0 radical (unpaired) electrons. The molecule has 4 aromatic rings. The lowest BCUT2D eigenvalue weighted by molar-refractivity contribution is 0.592. The number of hydrogen-bond acceptors (Lipinski definition) is 1. The van der Waals surface area contributed by atoms with E-state index in [1.54, 1.807) is 0 Å². The number of rotatable bonds is 4. The van der Waals surface area contributed by atoms with Gasteiger partial charge >= 0.3 is 0 Å². The predicted octanol–water partition coefficient (Wildman–Crippen LogP) is 8.06. The van der Waals surface area contributed by atoms with Gasteiger partial charge in [0.25, 0.3) is 0 Å². The van der Waals surface area contributed by atoms with Gasteiger partial charge in [0.05, 0.1) is 0 Å². The van der Waals surface area contributed by atoms with Crippen LogP contribution in [-0.4, -0.2) is 0 Å². The van der Waals surface area contributed by atoms with Crippen LogP contribution in [0.15, 0.2) is 103 Å². The Kier molecular flexibility index (Phi) is 5.22. The van der Waals surface area contributed by atoms with Crippen molar-refractivity contribution in [1.29, 1.82) is 0 Å². The van der Waals surface area contributed by atoms with Crippen LogP contribution in [0.4, 0.5) is 11.4 Å². The zero-order valence-corrected chi connectivity index (χ0v) is 17.3. The summed E-state index contributed by atoms with van der Waals surface area (Å²) in [4.78, 5) is 0. The van der Waals surface area contributed by atoms with Gasteiger partial charge in [-0.1, -0.05) is 106 Å². The van der Waals surface area contributed by atoms with Gasteiger partial charge < -0.3 is 5.32 Å². The zero-order chi connectivity index (χ0) is 20.3.